The minimum Gasteiger partial charge on any atom is -0.454 e. The number of fused-ring (bicyclic) bond motifs is 1. The Balaban J connectivity index is 1.22. The van der Waals surface area contributed by atoms with Gasteiger partial charge in [-0.3, -0.25) is 15.0 Å². The molecule has 174 valence electrons. The number of anilines is 1. The van der Waals surface area contributed by atoms with Gasteiger partial charge in [-0.1, -0.05) is 30.3 Å². The van der Waals surface area contributed by atoms with E-state index < -0.39 is 22.0 Å². The summed E-state index contributed by atoms with van der Waals surface area (Å²) < 4.78 is 36.9. The Morgan fingerprint density at radius 1 is 0.970 bits per heavy atom. The number of nitrogens with zero attached hydrogens (tertiary/aromatic N) is 2. The molecule has 2 N–H and O–H groups in total. The highest BCUT2D eigenvalue weighted by atomic mass is 32.2. The van der Waals surface area contributed by atoms with Gasteiger partial charge in [-0.25, -0.2) is 13.2 Å². The predicted molar refractivity (Wildman–Crippen MR) is 122 cm³/mol. The number of carbonyl (C=O) groups is 2. The molecule has 2 aliphatic heterocycles. The number of ether oxygens (including phenoxy) is 2. The van der Waals surface area contributed by atoms with E-state index in [4.69, 9.17) is 9.47 Å². The topological polar surface area (TPSA) is 117 Å². The number of benzene rings is 2. The quantitative estimate of drug-likeness (QED) is 0.657. The zero-order valence-electron chi connectivity index (χ0n) is 17.8. The van der Waals surface area contributed by atoms with Crippen molar-refractivity contribution in [2.24, 2.45) is 0 Å². The Morgan fingerprint density at radius 3 is 2.45 bits per heavy atom. The fraction of sp³-hybridized carbons (Fsp3) is 0.273. The number of hydrogen-bond donors (Lipinski definition) is 2. The van der Waals surface area contributed by atoms with Crippen LogP contribution in [0, 0.1) is 0 Å². The van der Waals surface area contributed by atoms with E-state index in [9.17, 15) is 18.0 Å². The maximum absolute atomic E-state index is 12.5. The van der Waals surface area contributed by atoms with Crippen LogP contribution in [-0.4, -0.2) is 69.1 Å². The molecule has 0 bridgehead atoms. The number of sulfonamides is 1. The second kappa shape index (κ2) is 10.0. The fourth-order valence-corrected chi connectivity index (χ4v) is 4.64. The smallest absolute Gasteiger partial charge is 0.325 e. The van der Waals surface area contributed by atoms with Gasteiger partial charge in [0, 0.05) is 43.3 Å². The summed E-state index contributed by atoms with van der Waals surface area (Å²) >= 11 is 0. The van der Waals surface area contributed by atoms with Crippen molar-refractivity contribution in [1.29, 1.82) is 0 Å². The molecule has 0 aliphatic carbocycles. The molecule has 1 saturated heterocycles. The van der Waals surface area contributed by atoms with Crippen LogP contribution in [0.5, 0.6) is 11.5 Å². The van der Waals surface area contributed by atoms with Crippen LogP contribution in [0.2, 0.25) is 0 Å². The SMILES string of the molecule is O=C(CN1CCN(S(=O)(=O)C=Cc2ccccc2)CC1)NC(=O)Nc1ccc2c(c1)OCO2. The summed E-state index contributed by atoms with van der Waals surface area (Å²) in [6, 6.07) is 13.4. The average molecular weight is 473 g/mol. The molecule has 2 aromatic carbocycles. The summed E-state index contributed by atoms with van der Waals surface area (Å²) in [5.41, 5.74) is 1.27. The summed E-state index contributed by atoms with van der Waals surface area (Å²) in [5, 5.41) is 6.05. The molecule has 0 spiro atoms. The second-order valence-corrected chi connectivity index (χ2v) is 9.32. The zero-order chi connectivity index (χ0) is 23.3. The van der Waals surface area contributed by atoms with Gasteiger partial charge in [0.25, 0.3) is 0 Å². The van der Waals surface area contributed by atoms with Gasteiger partial charge >= 0.3 is 6.03 Å². The van der Waals surface area contributed by atoms with Gasteiger partial charge in [0.1, 0.15) is 0 Å². The average Bonchev–Trinajstić information content (AvgIpc) is 3.26. The molecule has 2 aromatic rings. The molecular formula is C22H24N4O6S. The van der Waals surface area contributed by atoms with Crippen LogP contribution in [0.4, 0.5) is 10.5 Å². The number of rotatable bonds is 6. The van der Waals surface area contributed by atoms with Crippen molar-refractivity contribution < 1.29 is 27.5 Å². The van der Waals surface area contributed by atoms with Crippen molar-refractivity contribution >= 4 is 33.7 Å². The minimum absolute atomic E-state index is 0.0116. The van der Waals surface area contributed by atoms with E-state index in [-0.39, 0.29) is 26.4 Å². The number of amides is 3. The number of urea groups is 1. The Labute approximate surface area is 191 Å². The predicted octanol–water partition coefficient (Wildman–Crippen LogP) is 1.68. The Bertz CT molecular complexity index is 1140. The van der Waals surface area contributed by atoms with Crippen molar-refractivity contribution in [2.45, 2.75) is 0 Å². The maximum atomic E-state index is 12.5. The van der Waals surface area contributed by atoms with Crippen LogP contribution in [0.25, 0.3) is 6.08 Å². The lowest BCUT2D eigenvalue weighted by Gasteiger charge is -2.32. The summed E-state index contributed by atoms with van der Waals surface area (Å²) in [6.45, 7) is 1.41. The van der Waals surface area contributed by atoms with Crippen molar-refractivity contribution in [3.05, 3.63) is 59.5 Å². The van der Waals surface area contributed by atoms with Crippen LogP contribution < -0.4 is 20.1 Å². The highest BCUT2D eigenvalue weighted by Gasteiger charge is 2.26. The monoisotopic (exact) mass is 472 g/mol. The van der Waals surface area contributed by atoms with Gasteiger partial charge in [0.05, 0.1) is 6.54 Å². The largest absolute Gasteiger partial charge is 0.454 e. The molecular weight excluding hydrogens is 448 g/mol. The summed E-state index contributed by atoms with van der Waals surface area (Å²) in [7, 11) is -3.55. The van der Waals surface area contributed by atoms with Gasteiger partial charge in [0.15, 0.2) is 11.5 Å². The van der Waals surface area contributed by atoms with E-state index in [1.807, 2.05) is 30.3 Å². The molecule has 4 rings (SSSR count). The number of nitrogens with one attached hydrogen (secondary N) is 2. The third-order valence-electron chi connectivity index (χ3n) is 5.17. The lowest BCUT2D eigenvalue weighted by Crippen LogP contribution is -2.51. The normalized spacial score (nSPS) is 16.6. The summed E-state index contributed by atoms with van der Waals surface area (Å²) in [6.07, 6.45) is 1.56. The number of piperazine rings is 1. The highest BCUT2D eigenvalue weighted by Crippen LogP contribution is 2.34. The summed E-state index contributed by atoms with van der Waals surface area (Å²) in [4.78, 5) is 26.1. The third kappa shape index (κ3) is 6.09. The first-order chi connectivity index (χ1) is 15.9. The standard InChI is InChI=1S/C22H24N4O6S/c27-21(24-22(28)23-18-6-7-19-20(14-18)32-16-31-19)15-25-9-11-26(12-10-25)33(29,30)13-8-17-4-2-1-3-5-17/h1-8,13-14H,9-12,15-16H2,(H2,23,24,27,28). The molecule has 10 nitrogen and oxygen atoms in total. The molecule has 3 amide bonds. The first-order valence-electron chi connectivity index (χ1n) is 10.4. The van der Waals surface area contributed by atoms with E-state index in [2.05, 4.69) is 10.6 Å². The Hall–Kier alpha value is -3.41. The van der Waals surface area contributed by atoms with Crippen LogP contribution in [0.3, 0.4) is 0 Å². The second-order valence-electron chi connectivity index (χ2n) is 7.50. The van der Waals surface area contributed by atoms with E-state index in [1.165, 1.54) is 9.71 Å². The van der Waals surface area contributed by atoms with Gasteiger partial charge in [-0.2, -0.15) is 4.31 Å². The van der Waals surface area contributed by atoms with E-state index in [1.54, 1.807) is 29.2 Å². The van der Waals surface area contributed by atoms with Gasteiger partial charge in [-0.15, -0.1) is 0 Å². The Morgan fingerprint density at radius 2 is 1.70 bits per heavy atom. The van der Waals surface area contributed by atoms with Crippen molar-refractivity contribution in [1.82, 2.24) is 14.5 Å². The minimum atomic E-state index is -3.55. The van der Waals surface area contributed by atoms with E-state index in [0.717, 1.165) is 5.56 Å². The molecule has 33 heavy (non-hydrogen) atoms. The van der Waals surface area contributed by atoms with Gasteiger partial charge in [0.2, 0.25) is 22.7 Å². The molecule has 11 heteroatoms. The number of hydrogen-bond acceptors (Lipinski definition) is 7. The number of carbonyl (C=O) groups excluding carboxylic acids is 2. The van der Waals surface area contributed by atoms with Crippen molar-refractivity contribution in [2.75, 3.05) is 44.8 Å². The van der Waals surface area contributed by atoms with Crippen molar-refractivity contribution in [3.8, 4) is 11.5 Å². The van der Waals surface area contributed by atoms with Crippen LogP contribution in [-0.2, 0) is 14.8 Å². The molecule has 0 atom stereocenters. The lowest BCUT2D eigenvalue weighted by molar-refractivity contribution is -0.121. The first-order valence-corrected chi connectivity index (χ1v) is 11.9. The molecule has 1 fully saturated rings. The summed E-state index contributed by atoms with van der Waals surface area (Å²) in [5.74, 6) is 0.632. The highest BCUT2D eigenvalue weighted by molar-refractivity contribution is 7.92. The molecule has 2 aliphatic rings. The zero-order valence-corrected chi connectivity index (χ0v) is 18.6. The lowest BCUT2D eigenvalue weighted by atomic mass is 10.2. The van der Waals surface area contributed by atoms with Crippen LogP contribution >= 0.6 is 0 Å². The molecule has 0 aromatic heterocycles. The Kier molecular flexibility index (Phi) is 6.92. The number of imide groups is 1. The first kappa shape index (κ1) is 22.8. The van der Waals surface area contributed by atoms with Crippen LogP contribution in [0.1, 0.15) is 5.56 Å². The third-order valence-corrected chi connectivity index (χ3v) is 6.74. The van der Waals surface area contributed by atoms with Gasteiger partial charge < -0.3 is 14.8 Å². The van der Waals surface area contributed by atoms with E-state index >= 15 is 0 Å². The molecule has 2 heterocycles. The maximum Gasteiger partial charge on any atom is 0.325 e. The van der Waals surface area contributed by atoms with Crippen LogP contribution in [0.15, 0.2) is 53.9 Å². The van der Waals surface area contributed by atoms with Gasteiger partial charge in [-0.05, 0) is 23.8 Å². The van der Waals surface area contributed by atoms with E-state index in [0.29, 0.717) is 30.3 Å². The van der Waals surface area contributed by atoms with Crippen molar-refractivity contribution in [3.63, 3.8) is 0 Å². The fourth-order valence-electron chi connectivity index (χ4n) is 3.46. The molecule has 0 saturated carbocycles. The molecule has 0 unspecified atom stereocenters. The molecule has 0 radical (unpaired) electrons.